The number of aliphatic imine (C=N–C) groups is 1. The van der Waals surface area contributed by atoms with E-state index in [0.29, 0.717) is 11.9 Å². The highest BCUT2D eigenvalue weighted by atomic mass is 16.2. The highest BCUT2D eigenvalue weighted by Gasteiger charge is 2.32. The summed E-state index contributed by atoms with van der Waals surface area (Å²) in [6, 6.07) is 0.317. The van der Waals surface area contributed by atoms with Crippen LogP contribution in [0.1, 0.15) is 46.0 Å². The number of amides is 1. The predicted octanol–water partition coefficient (Wildman–Crippen LogP) is 1.28. The minimum absolute atomic E-state index is 0.287. The number of likely N-dealkylation sites (tertiary alicyclic amines) is 1. The molecular weight excluding hydrogens is 302 g/mol. The van der Waals surface area contributed by atoms with Gasteiger partial charge >= 0.3 is 0 Å². The second-order valence-electron chi connectivity index (χ2n) is 7.05. The molecule has 1 unspecified atom stereocenters. The maximum Gasteiger partial charge on any atom is 0.225 e. The maximum absolute atomic E-state index is 12.5. The normalized spacial score (nSPS) is 22.4. The monoisotopic (exact) mass is 337 g/mol. The topological polar surface area (TPSA) is 60.0 Å². The van der Waals surface area contributed by atoms with Gasteiger partial charge in [0.2, 0.25) is 5.91 Å². The molecule has 1 aliphatic heterocycles. The third kappa shape index (κ3) is 5.65. The Bertz CT molecular complexity index is 420. The summed E-state index contributed by atoms with van der Waals surface area (Å²) in [5.41, 5.74) is 0. The Morgan fingerprint density at radius 1 is 1.25 bits per heavy atom. The van der Waals surface area contributed by atoms with Gasteiger partial charge in [-0.25, -0.2) is 0 Å². The van der Waals surface area contributed by atoms with Crippen LogP contribution in [-0.4, -0.2) is 74.0 Å². The molecular formula is C18H35N5O. The van der Waals surface area contributed by atoms with Gasteiger partial charge in [0.05, 0.1) is 6.54 Å². The van der Waals surface area contributed by atoms with Crippen LogP contribution in [0.25, 0.3) is 0 Å². The van der Waals surface area contributed by atoms with Gasteiger partial charge in [0.25, 0.3) is 0 Å². The van der Waals surface area contributed by atoms with E-state index in [4.69, 9.17) is 0 Å². The van der Waals surface area contributed by atoms with Crippen LogP contribution in [-0.2, 0) is 4.79 Å². The van der Waals surface area contributed by atoms with Crippen LogP contribution in [0.15, 0.2) is 4.99 Å². The molecule has 2 rings (SSSR count). The van der Waals surface area contributed by atoms with Crippen LogP contribution in [0, 0.1) is 5.92 Å². The number of carbonyl (C=O) groups excluding carboxylic acids is 1. The maximum atomic E-state index is 12.5. The van der Waals surface area contributed by atoms with Crippen molar-refractivity contribution in [1.82, 2.24) is 20.4 Å². The van der Waals surface area contributed by atoms with E-state index < -0.39 is 0 Å². The van der Waals surface area contributed by atoms with Crippen LogP contribution in [0.2, 0.25) is 0 Å². The van der Waals surface area contributed by atoms with Crippen molar-refractivity contribution in [2.75, 3.05) is 46.3 Å². The standard InChI is InChI=1S/C18H35N5O/c1-4-19-18(20-11-13-22(3)5-2)21-16-10-12-23(14-16)17(24)15-8-6-7-9-15/h15-16H,4-14H2,1-3H3,(H2,19,20,21). The molecule has 1 saturated heterocycles. The lowest BCUT2D eigenvalue weighted by molar-refractivity contribution is -0.134. The highest BCUT2D eigenvalue weighted by molar-refractivity contribution is 5.81. The number of hydrogen-bond donors (Lipinski definition) is 2. The van der Waals surface area contributed by atoms with E-state index in [1.165, 1.54) is 12.8 Å². The zero-order chi connectivity index (χ0) is 17.4. The Balaban J connectivity index is 1.79. The fourth-order valence-corrected chi connectivity index (χ4v) is 3.51. The van der Waals surface area contributed by atoms with Gasteiger partial charge in [0.1, 0.15) is 0 Å². The van der Waals surface area contributed by atoms with E-state index in [9.17, 15) is 4.79 Å². The van der Waals surface area contributed by atoms with E-state index in [2.05, 4.69) is 46.3 Å². The van der Waals surface area contributed by atoms with Crippen LogP contribution < -0.4 is 10.6 Å². The quantitative estimate of drug-likeness (QED) is 0.543. The average molecular weight is 338 g/mol. The first-order valence-electron chi connectivity index (χ1n) is 9.66. The average Bonchev–Trinajstić information content (AvgIpc) is 3.26. The van der Waals surface area contributed by atoms with Gasteiger partial charge < -0.3 is 20.4 Å². The van der Waals surface area contributed by atoms with E-state index in [0.717, 1.165) is 64.5 Å². The minimum Gasteiger partial charge on any atom is -0.357 e. The number of rotatable bonds is 7. The first-order chi connectivity index (χ1) is 11.6. The molecule has 0 aromatic heterocycles. The van der Waals surface area contributed by atoms with Gasteiger partial charge in [-0.05, 0) is 39.8 Å². The summed E-state index contributed by atoms with van der Waals surface area (Å²) < 4.78 is 0. The zero-order valence-electron chi connectivity index (χ0n) is 15.7. The number of guanidine groups is 1. The molecule has 0 aromatic carbocycles. The SMILES string of the molecule is CCNC(=NCCN(C)CC)NC1CCN(C(=O)C2CCCC2)C1. The molecule has 138 valence electrons. The second-order valence-corrected chi connectivity index (χ2v) is 7.05. The van der Waals surface area contributed by atoms with Crippen molar-refractivity contribution in [3.05, 3.63) is 0 Å². The summed E-state index contributed by atoms with van der Waals surface area (Å²) in [4.78, 5) is 21.5. The summed E-state index contributed by atoms with van der Waals surface area (Å²) in [5, 5.41) is 6.83. The largest absolute Gasteiger partial charge is 0.357 e. The number of carbonyl (C=O) groups is 1. The van der Waals surface area contributed by atoms with Crippen molar-refractivity contribution >= 4 is 11.9 Å². The molecule has 0 aromatic rings. The third-order valence-corrected chi connectivity index (χ3v) is 5.18. The molecule has 1 atom stereocenters. The first kappa shape index (κ1) is 19.0. The molecule has 1 aliphatic carbocycles. The Hall–Kier alpha value is -1.30. The van der Waals surface area contributed by atoms with Crippen molar-refractivity contribution in [3.8, 4) is 0 Å². The molecule has 2 aliphatic rings. The van der Waals surface area contributed by atoms with Crippen molar-refractivity contribution in [2.24, 2.45) is 10.9 Å². The minimum atomic E-state index is 0.287. The molecule has 6 nitrogen and oxygen atoms in total. The molecule has 0 bridgehead atoms. The van der Waals surface area contributed by atoms with E-state index >= 15 is 0 Å². The van der Waals surface area contributed by atoms with Gasteiger partial charge in [-0.1, -0.05) is 19.8 Å². The highest BCUT2D eigenvalue weighted by Crippen LogP contribution is 2.27. The third-order valence-electron chi connectivity index (χ3n) is 5.18. The van der Waals surface area contributed by atoms with Crippen molar-refractivity contribution in [1.29, 1.82) is 0 Å². The summed E-state index contributed by atoms with van der Waals surface area (Å²) in [5.74, 6) is 1.54. The lowest BCUT2D eigenvalue weighted by Crippen LogP contribution is -2.45. The zero-order valence-corrected chi connectivity index (χ0v) is 15.7. The first-order valence-corrected chi connectivity index (χ1v) is 9.66. The Morgan fingerprint density at radius 2 is 2.00 bits per heavy atom. The molecule has 1 saturated carbocycles. The Morgan fingerprint density at radius 3 is 2.67 bits per heavy atom. The molecule has 2 N–H and O–H groups in total. The Labute approximate surface area is 147 Å². The van der Waals surface area contributed by atoms with Gasteiger partial charge in [0, 0.05) is 38.1 Å². The molecule has 6 heteroatoms. The van der Waals surface area contributed by atoms with Crippen molar-refractivity contribution in [3.63, 3.8) is 0 Å². The molecule has 0 radical (unpaired) electrons. The Kier molecular flexibility index (Phi) is 7.82. The lowest BCUT2D eigenvalue weighted by Gasteiger charge is -2.21. The van der Waals surface area contributed by atoms with Crippen molar-refractivity contribution in [2.45, 2.75) is 52.0 Å². The number of nitrogens with zero attached hydrogens (tertiary/aromatic N) is 3. The molecule has 1 heterocycles. The number of nitrogens with one attached hydrogen (secondary N) is 2. The number of likely N-dealkylation sites (N-methyl/N-ethyl adjacent to an activating group) is 1. The summed E-state index contributed by atoms with van der Waals surface area (Å²) >= 11 is 0. The van der Waals surface area contributed by atoms with Crippen LogP contribution in [0.3, 0.4) is 0 Å². The summed E-state index contributed by atoms with van der Waals surface area (Å²) in [6.45, 7) is 9.58. The van der Waals surface area contributed by atoms with E-state index in [-0.39, 0.29) is 5.92 Å². The lowest BCUT2D eigenvalue weighted by atomic mass is 10.1. The van der Waals surface area contributed by atoms with Crippen LogP contribution in [0.5, 0.6) is 0 Å². The van der Waals surface area contributed by atoms with Crippen molar-refractivity contribution < 1.29 is 4.79 Å². The second kappa shape index (κ2) is 9.87. The van der Waals surface area contributed by atoms with Gasteiger partial charge in [0.15, 0.2) is 5.96 Å². The van der Waals surface area contributed by atoms with E-state index in [1.807, 2.05) is 0 Å². The molecule has 1 amide bonds. The fourth-order valence-electron chi connectivity index (χ4n) is 3.51. The van der Waals surface area contributed by atoms with Crippen LogP contribution >= 0.6 is 0 Å². The molecule has 2 fully saturated rings. The van der Waals surface area contributed by atoms with Crippen LogP contribution in [0.4, 0.5) is 0 Å². The van der Waals surface area contributed by atoms with Gasteiger partial charge in [-0.3, -0.25) is 9.79 Å². The van der Waals surface area contributed by atoms with E-state index in [1.54, 1.807) is 0 Å². The predicted molar refractivity (Wildman–Crippen MR) is 99.2 cm³/mol. The molecule has 24 heavy (non-hydrogen) atoms. The van der Waals surface area contributed by atoms with Gasteiger partial charge in [-0.15, -0.1) is 0 Å². The fraction of sp³-hybridized carbons (Fsp3) is 0.889. The number of hydrogen-bond acceptors (Lipinski definition) is 3. The summed E-state index contributed by atoms with van der Waals surface area (Å²) in [7, 11) is 2.11. The molecule has 0 spiro atoms. The smallest absolute Gasteiger partial charge is 0.225 e. The summed E-state index contributed by atoms with van der Waals surface area (Å²) in [6.07, 6.45) is 5.62. The van der Waals surface area contributed by atoms with Gasteiger partial charge in [-0.2, -0.15) is 0 Å².